The average molecular weight is 420 g/mol. The van der Waals surface area contributed by atoms with Crippen molar-refractivity contribution in [2.24, 2.45) is 5.92 Å². The number of fused-ring (bicyclic) bond motifs is 2. The molecular weight excluding hydrogens is 397 g/mol. The number of halogens is 3. The van der Waals surface area contributed by atoms with Crippen molar-refractivity contribution < 1.29 is 27.6 Å². The Hall–Kier alpha value is -2.38. The van der Waals surface area contributed by atoms with Gasteiger partial charge in [-0.2, -0.15) is 13.2 Å². The van der Waals surface area contributed by atoms with Crippen molar-refractivity contribution in [3.05, 3.63) is 35.4 Å². The van der Waals surface area contributed by atoms with Crippen molar-refractivity contribution in [1.82, 2.24) is 9.80 Å². The summed E-state index contributed by atoms with van der Waals surface area (Å²) in [6.07, 6.45) is -0.711. The van der Waals surface area contributed by atoms with Crippen molar-refractivity contribution >= 4 is 17.7 Å². The number of hydrogen-bond donors (Lipinski definition) is 0. The highest BCUT2D eigenvalue weighted by molar-refractivity contribution is 6.11. The number of benzene rings is 1. The summed E-state index contributed by atoms with van der Waals surface area (Å²) < 4.78 is 40.0. The van der Waals surface area contributed by atoms with Gasteiger partial charge in [-0.05, 0) is 49.7 Å². The van der Waals surface area contributed by atoms with Crippen LogP contribution in [-0.2, 0) is 26.0 Å². The van der Waals surface area contributed by atoms with E-state index in [-0.39, 0.29) is 36.4 Å². The Labute approximate surface area is 172 Å². The van der Waals surface area contributed by atoms with Crippen molar-refractivity contribution in [1.29, 1.82) is 0 Å². The molecule has 0 aromatic heterocycles. The monoisotopic (exact) mass is 420 g/mol. The second-order valence-corrected chi connectivity index (χ2v) is 9.19. The largest absolute Gasteiger partial charge is 0.416 e. The first-order chi connectivity index (χ1) is 14.2. The van der Waals surface area contributed by atoms with Gasteiger partial charge in [-0.3, -0.25) is 19.3 Å². The van der Waals surface area contributed by atoms with Crippen LogP contribution in [0.2, 0.25) is 0 Å². The van der Waals surface area contributed by atoms with E-state index in [1.54, 1.807) is 4.90 Å². The van der Waals surface area contributed by atoms with E-state index in [2.05, 4.69) is 0 Å². The fourth-order valence-corrected chi connectivity index (χ4v) is 5.51. The predicted molar refractivity (Wildman–Crippen MR) is 100 cm³/mol. The van der Waals surface area contributed by atoms with E-state index in [0.29, 0.717) is 25.3 Å². The van der Waals surface area contributed by atoms with Crippen LogP contribution in [-0.4, -0.2) is 46.1 Å². The lowest BCUT2D eigenvalue weighted by Gasteiger charge is -2.33. The van der Waals surface area contributed by atoms with Crippen LogP contribution < -0.4 is 0 Å². The van der Waals surface area contributed by atoms with Crippen molar-refractivity contribution in [2.45, 2.75) is 68.6 Å². The first kappa shape index (κ1) is 19.6. The van der Waals surface area contributed by atoms with Crippen LogP contribution in [0.4, 0.5) is 13.2 Å². The highest BCUT2D eigenvalue weighted by atomic mass is 19.4. The van der Waals surface area contributed by atoms with E-state index >= 15 is 0 Å². The molecule has 2 bridgehead atoms. The molecule has 2 aliphatic carbocycles. The fourth-order valence-electron chi connectivity index (χ4n) is 5.51. The Morgan fingerprint density at radius 2 is 1.83 bits per heavy atom. The smallest absolute Gasteiger partial charge is 0.339 e. The molecule has 1 aromatic rings. The number of alkyl halides is 3. The van der Waals surface area contributed by atoms with Crippen molar-refractivity contribution in [2.75, 3.05) is 6.54 Å². The summed E-state index contributed by atoms with van der Waals surface area (Å²) in [6, 6.07) is 4.53. The molecule has 5 rings (SSSR count). The topological polar surface area (TPSA) is 57.7 Å². The van der Waals surface area contributed by atoms with Gasteiger partial charge in [-0.1, -0.05) is 18.2 Å². The lowest BCUT2D eigenvalue weighted by molar-refractivity contribution is -0.144. The van der Waals surface area contributed by atoms with Gasteiger partial charge in [-0.25, -0.2) is 0 Å². The number of carbonyl (C=O) groups is 3. The maximum Gasteiger partial charge on any atom is 0.416 e. The average Bonchev–Trinajstić information content (AvgIpc) is 3.19. The number of rotatable bonds is 4. The van der Waals surface area contributed by atoms with Gasteiger partial charge >= 0.3 is 6.18 Å². The second kappa shape index (κ2) is 6.56. The van der Waals surface area contributed by atoms with Crippen LogP contribution in [0.1, 0.15) is 56.1 Å². The van der Waals surface area contributed by atoms with Crippen LogP contribution in [0.3, 0.4) is 0 Å². The lowest BCUT2D eigenvalue weighted by Crippen LogP contribution is -2.45. The number of nitrogens with zero attached hydrogens (tertiary/aromatic N) is 2. The molecule has 8 heteroatoms. The van der Waals surface area contributed by atoms with Gasteiger partial charge in [0.15, 0.2) is 0 Å². The molecule has 2 saturated heterocycles. The van der Waals surface area contributed by atoms with E-state index in [4.69, 9.17) is 0 Å². The highest BCUT2D eigenvalue weighted by Gasteiger charge is 2.58. The molecule has 30 heavy (non-hydrogen) atoms. The quantitative estimate of drug-likeness (QED) is 0.703. The van der Waals surface area contributed by atoms with Crippen LogP contribution >= 0.6 is 0 Å². The zero-order valence-electron chi connectivity index (χ0n) is 16.5. The minimum atomic E-state index is -4.57. The molecule has 160 valence electrons. The Balaban J connectivity index is 1.53. The highest BCUT2D eigenvalue weighted by Crippen LogP contribution is 2.46. The molecule has 2 aliphatic heterocycles. The third-order valence-corrected chi connectivity index (χ3v) is 7.19. The zero-order valence-corrected chi connectivity index (χ0v) is 16.5. The predicted octanol–water partition coefficient (Wildman–Crippen LogP) is 3.27. The van der Waals surface area contributed by atoms with E-state index in [9.17, 15) is 27.6 Å². The molecule has 0 radical (unpaired) electrons. The molecular formula is C22H23F3N2O3. The molecule has 3 atom stereocenters. The second-order valence-electron chi connectivity index (χ2n) is 9.19. The van der Waals surface area contributed by atoms with Crippen molar-refractivity contribution in [3.63, 3.8) is 0 Å². The Morgan fingerprint density at radius 1 is 1.10 bits per heavy atom. The van der Waals surface area contributed by atoms with Gasteiger partial charge in [0.2, 0.25) is 17.7 Å². The summed E-state index contributed by atoms with van der Waals surface area (Å²) in [5.41, 5.74) is -2.33. The Kier molecular flexibility index (Phi) is 4.28. The van der Waals surface area contributed by atoms with Gasteiger partial charge in [0.05, 0.1) is 11.0 Å². The van der Waals surface area contributed by atoms with Gasteiger partial charge < -0.3 is 4.90 Å². The maximum atomic E-state index is 13.4. The minimum absolute atomic E-state index is 0.108. The van der Waals surface area contributed by atoms with Gasteiger partial charge in [0.1, 0.15) is 0 Å². The fraction of sp³-hybridized carbons (Fsp3) is 0.591. The molecule has 2 heterocycles. The summed E-state index contributed by atoms with van der Waals surface area (Å²) >= 11 is 0. The molecule has 4 aliphatic rings. The molecule has 4 fully saturated rings. The van der Waals surface area contributed by atoms with Crippen molar-refractivity contribution in [3.8, 4) is 0 Å². The normalized spacial score (nSPS) is 31.2. The number of imide groups is 1. The summed E-state index contributed by atoms with van der Waals surface area (Å²) in [5, 5.41) is 0. The van der Waals surface area contributed by atoms with Gasteiger partial charge in [-0.15, -0.1) is 0 Å². The van der Waals surface area contributed by atoms with Gasteiger partial charge in [0, 0.05) is 31.5 Å². The number of carbonyl (C=O) groups excluding carboxylic acids is 3. The number of amides is 3. The third-order valence-electron chi connectivity index (χ3n) is 7.19. The maximum absolute atomic E-state index is 13.4. The van der Waals surface area contributed by atoms with E-state index in [1.165, 1.54) is 17.0 Å². The standard InChI is InChI=1S/C22H23F3N2O3/c23-22(24,25)15-3-1-2-14(9-15)21(11-19(29)27(20(21)30)16-6-7-16)10-18(28)26-12-13-4-5-17(26)8-13/h1-3,9,13,16-17H,4-8,10-12H2. The molecule has 3 amide bonds. The van der Waals surface area contributed by atoms with E-state index < -0.39 is 29.0 Å². The van der Waals surface area contributed by atoms with Crippen LogP contribution in [0.5, 0.6) is 0 Å². The summed E-state index contributed by atoms with van der Waals surface area (Å²) in [7, 11) is 0. The van der Waals surface area contributed by atoms with E-state index in [1.807, 2.05) is 0 Å². The summed E-state index contributed by atoms with van der Waals surface area (Å²) in [5.74, 6) is -0.687. The first-order valence-electron chi connectivity index (χ1n) is 10.5. The Bertz CT molecular complexity index is 926. The minimum Gasteiger partial charge on any atom is -0.339 e. The third kappa shape index (κ3) is 3.03. The summed E-state index contributed by atoms with van der Waals surface area (Å²) in [4.78, 5) is 42.4. The molecule has 1 aromatic carbocycles. The summed E-state index contributed by atoms with van der Waals surface area (Å²) in [6.45, 7) is 0.636. The van der Waals surface area contributed by atoms with Crippen LogP contribution in [0.15, 0.2) is 24.3 Å². The lowest BCUT2D eigenvalue weighted by atomic mass is 9.75. The molecule has 2 saturated carbocycles. The number of piperidine rings is 1. The van der Waals surface area contributed by atoms with Crippen LogP contribution in [0.25, 0.3) is 0 Å². The SMILES string of the molecule is O=C(CC1(c2cccc(C(F)(F)F)c2)CC(=O)N(C2CC2)C1=O)N1CC2CCC1C2. The Morgan fingerprint density at radius 3 is 2.43 bits per heavy atom. The number of hydrogen-bond acceptors (Lipinski definition) is 3. The number of likely N-dealkylation sites (tertiary alicyclic amines) is 2. The molecule has 3 unspecified atom stereocenters. The van der Waals surface area contributed by atoms with E-state index in [0.717, 1.165) is 31.4 Å². The van der Waals surface area contributed by atoms with Gasteiger partial charge in [0.25, 0.3) is 0 Å². The van der Waals surface area contributed by atoms with Crippen LogP contribution in [0, 0.1) is 5.92 Å². The molecule has 0 N–H and O–H groups in total. The molecule has 0 spiro atoms. The first-order valence-corrected chi connectivity index (χ1v) is 10.5. The zero-order chi connectivity index (χ0) is 21.3. The molecule has 5 nitrogen and oxygen atoms in total.